The highest BCUT2D eigenvalue weighted by Gasteiger charge is 2.16. The highest BCUT2D eigenvalue weighted by molar-refractivity contribution is 5.37. The maximum atomic E-state index is 5.29. The Labute approximate surface area is 114 Å². The third kappa shape index (κ3) is 2.93. The number of nitrogens with zero attached hydrogens (tertiary/aromatic N) is 1. The Bertz CT molecular complexity index is 540. The summed E-state index contributed by atoms with van der Waals surface area (Å²) in [5, 5.41) is 3.34. The zero-order valence-electron chi connectivity index (χ0n) is 11.7. The van der Waals surface area contributed by atoms with Crippen molar-refractivity contribution in [3.63, 3.8) is 0 Å². The normalized spacial score (nSPS) is 12.2. The van der Waals surface area contributed by atoms with Crippen molar-refractivity contribution in [1.82, 2.24) is 10.3 Å². The van der Waals surface area contributed by atoms with Gasteiger partial charge < -0.3 is 10.1 Å². The van der Waals surface area contributed by atoms with Gasteiger partial charge in [0.1, 0.15) is 5.75 Å². The summed E-state index contributed by atoms with van der Waals surface area (Å²) in [7, 11) is 3.64. The van der Waals surface area contributed by atoms with Crippen LogP contribution in [0.5, 0.6) is 5.75 Å². The summed E-state index contributed by atoms with van der Waals surface area (Å²) >= 11 is 0. The molecule has 1 unspecified atom stereocenters. The van der Waals surface area contributed by atoms with Gasteiger partial charge in [-0.2, -0.15) is 0 Å². The van der Waals surface area contributed by atoms with E-state index in [9.17, 15) is 0 Å². The number of hydrogen-bond acceptors (Lipinski definition) is 3. The van der Waals surface area contributed by atoms with Crippen LogP contribution >= 0.6 is 0 Å². The van der Waals surface area contributed by atoms with Crippen molar-refractivity contribution in [2.45, 2.75) is 19.4 Å². The molecule has 0 aliphatic carbocycles. The zero-order valence-corrected chi connectivity index (χ0v) is 11.7. The van der Waals surface area contributed by atoms with Gasteiger partial charge in [-0.25, -0.2) is 0 Å². The Balaban J connectivity index is 2.43. The second-order valence-corrected chi connectivity index (χ2v) is 4.40. The van der Waals surface area contributed by atoms with E-state index < -0.39 is 0 Å². The second kappa shape index (κ2) is 6.34. The van der Waals surface area contributed by atoms with Crippen molar-refractivity contribution < 1.29 is 4.74 Å². The molecule has 0 spiro atoms. The first-order chi connectivity index (χ1) is 9.30. The summed E-state index contributed by atoms with van der Waals surface area (Å²) in [5.74, 6) is 0.867. The van der Waals surface area contributed by atoms with Crippen LogP contribution in [0, 0.1) is 0 Å². The van der Waals surface area contributed by atoms with E-state index in [4.69, 9.17) is 4.74 Å². The number of benzene rings is 1. The van der Waals surface area contributed by atoms with Gasteiger partial charge in [-0.15, -0.1) is 0 Å². The quantitative estimate of drug-likeness (QED) is 0.893. The number of pyridine rings is 1. The predicted octanol–water partition coefficient (Wildman–Crippen LogP) is 2.96. The van der Waals surface area contributed by atoms with Crippen molar-refractivity contribution in [1.29, 1.82) is 0 Å². The minimum atomic E-state index is 0.0891. The monoisotopic (exact) mass is 256 g/mol. The van der Waals surface area contributed by atoms with E-state index in [2.05, 4.69) is 35.4 Å². The van der Waals surface area contributed by atoms with E-state index in [1.807, 2.05) is 31.4 Å². The van der Waals surface area contributed by atoms with Crippen LogP contribution in [0.1, 0.15) is 29.8 Å². The van der Waals surface area contributed by atoms with Gasteiger partial charge in [0.2, 0.25) is 0 Å². The smallest absolute Gasteiger partial charge is 0.119 e. The Morgan fingerprint density at radius 3 is 2.79 bits per heavy atom. The van der Waals surface area contributed by atoms with Crippen molar-refractivity contribution in [3.8, 4) is 5.75 Å². The summed E-state index contributed by atoms with van der Waals surface area (Å²) in [6, 6.07) is 12.3. The topological polar surface area (TPSA) is 34.2 Å². The van der Waals surface area contributed by atoms with Gasteiger partial charge >= 0.3 is 0 Å². The summed E-state index contributed by atoms with van der Waals surface area (Å²) in [4.78, 5) is 4.55. The van der Waals surface area contributed by atoms with Crippen LogP contribution in [0.15, 0.2) is 42.6 Å². The Hall–Kier alpha value is -1.87. The lowest BCUT2D eigenvalue weighted by molar-refractivity contribution is 0.413. The summed E-state index contributed by atoms with van der Waals surface area (Å²) < 4.78 is 5.29. The van der Waals surface area contributed by atoms with Crippen molar-refractivity contribution >= 4 is 0 Å². The maximum absolute atomic E-state index is 5.29. The van der Waals surface area contributed by atoms with Gasteiger partial charge in [-0.05, 0) is 42.8 Å². The molecule has 0 aliphatic rings. The van der Waals surface area contributed by atoms with Crippen LogP contribution in [-0.2, 0) is 6.42 Å². The van der Waals surface area contributed by atoms with E-state index in [0.717, 1.165) is 23.4 Å². The fraction of sp³-hybridized carbons (Fsp3) is 0.312. The van der Waals surface area contributed by atoms with Crippen LogP contribution < -0.4 is 10.1 Å². The van der Waals surface area contributed by atoms with Crippen molar-refractivity contribution in [2.75, 3.05) is 14.2 Å². The molecule has 0 fully saturated rings. The van der Waals surface area contributed by atoms with Crippen molar-refractivity contribution in [2.24, 2.45) is 0 Å². The van der Waals surface area contributed by atoms with E-state index >= 15 is 0 Å². The Morgan fingerprint density at radius 1 is 1.26 bits per heavy atom. The van der Waals surface area contributed by atoms with E-state index in [0.29, 0.717) is 0 Å². The van der Waals surface area contributed by atoms with Gasteiger partial charge in [-0.1, -0.05) is 25.1 Å². The molecule has 1 aromatic carbocycles. The Kier molecular flexibility index (Phi) is 4.53. The first-order valence-electron chi connectivity index (χ1n) is 6.55. The molecule has 2 rings (SSSR count). The summed E-state index contributed by atoms with van der Waals surface area (Å²) in [5.41, 5.74) is 3.51. The first kappa shape index (κ1) is 13.6. The lowest BCUT2D eigenvalue weighted by atomic mass is 9.98. The SMILES string of the molecule is CCc1cccnc1C(NC)c1cccc(OC)c1. The van der Waals surface area contributed by atoms with Crippen LogP contribution in [0.2, 0.25) is 0 Å². The first-order valence-corrected chi connectivity index (χ1v) is 6.55. The fourth-order valence-electron chi connectivity index (χ4n) is 2.29. The third-order valence-corrected chi connectivity index (χ3v) is 3.30. The number of rotatable bonds is 5. The molecule has 100 valence electrons. The molecule has 1 N–H and O–H groups in total. The molecule has 1 aromatic heterocycles. The summed E-state index contributed by atoms with van der Waals surface area (Å²) in [6.45, 7) is 2.15. The number of aryl methyl sites for hydroxylation is 1. The lowest BCUT2D eigenvalue weighted by Gasteiger charge is -2.19. The molecule has 0 aliphatic heterocycles. The number of aromatic nitrogens is 1. The molecule has 1 atom stereocenters. The second-order valence-electron chi connectivity index (χ2n) is 4.40. The van der Waals surface area contributed by atoms with Gasteiger partial charge in [0.15, 0.2) is 0 Å². The molecule has 0 saturated carbocycles. The van der Waals surface area contributed by atoms with Gasteiger partial charge in [0, 0.05) is 6.20 Å². The Morgan fingerprint density at radius 2 is 2.11 bits per heavy atom. The highest BCUT2D eigenvalue weighted by atomic mass is 16.5. The molecule has 0 saturated heterocycles. The van der Waals surface area contributed by atoms with Crippen LogP contribution in [-0.4, -0.2) is 19.1 Å². The van der Waals surface area contributed by atoms with E-state index in [1.54, 1.807) is 7.11 Å². The molecule has 0 amide bonds. The van der Waals surface area contributed by atoms with Crippen LogP contribution in [0.4, 0.5) is 0 Å². The van der Waals surface area contributed by atoms with Crippen LogP contribution in [0.25, 0.3) is 0 Å². The molecule has 19 heavy (non-hydrogen) atoms. The van der Waals surface area contributed by atoms with E-state index in [-0.39, 0.29) is 6.04 Å². The number of nitrogens with one attached hydrogen (secondary N) is 1. The molecule has 3 nitrogen and oxygen atoms in total. The molecular formula is C16H20N2O. The fourth-order valence-corrected chi connectivity index (χ4v) is 2.29. The number of ether oxygens (including phenoxy) is 1. The molecular weight excluding hydrogens is 236 g/mol. The largest absolute Gasteiger partial charge is 0.497 e. The summed E-state index contributed by atoms with van der Waals surface area (Å²) in [6.07, 6.45) is 2.82. The molecule has 0 radical (unpaired) electrons. The average Bonchev–Trinajstić information content (AvgIpc) is 2.49. The molecule has 2 aromatic rings. The minimum Gasteiger partial charge on any atom is -0.497 e. The van der Waals surface area contributed by atoms with Crippen LogP contribution in [0.3, 0.4) is 0 Å². The maximum Gasteiger partial charge on any atom is 0.119 e. The average molecular weight is 256 g/mol. The molecule has 1 heterocycles. The standard InChI is InChI=1S/C16H20N2O/c1-4-12-8-6-10-18-16(12)15(17-2)13-7-5-9-14(11-13)19-3/h5-11,15,17H,4H2,1-3H3. The third-order valence-electron chi connectivity index (χ3n) is 3.30. The van der Waals surface area contributed by atoms with Gasteiger partial charge in [0.05, 0.1) is 18.8 Å². The van der Waals surface area contributed by atoms with Crippen molar-refractivity contribution in [3.05, 3.63) is 59.4 Å². The van der Waals surface area contributed by atoms with Gasteiger partial charge in [0.25, 0.3) is 0 Å². The highest BCUT2D eigenvalue weighted by Crippen LogP contribution is 2.25. The number of methoxy groups -OCH3 is 1. The lowest BCUT2D eigenvalue weighted by Crippen LogP contribution is -2.20. The molecule has 3 heteroatoms. The molecule has 0 bridgehead atoms. The van der Waals surface area contributed by atoms with Gasteiger partial charge in [-0.3, -0.25) is 4.98 Å². The van der Waals surface area contributed by atoms with E-state index in [1.165, 1.54) is 5.56 Å². The predicted molar refractivity (Wildman–Crippen MR) is 77.5 cm³/mol. The zero-order chi connectivity index (χ0) is 13.7. The minimum absolute atomic E-state index is 0.0891. The number of hydrogen-bond donors (Lipinski definition) is 1.